The first-order valence-electron chi connectivity index (χ1n) is 8.20. The van der Waals surface area contributed by atoms with Crippen LogP contribution in [0.4, 0.5) is 0 Å². The van der Waals surface area contributed by atoms with Crippen molar-refractivity contribution in [3.63, 3.8) is 0 Å². The van der Waals surface area contributed by atoms with Gasteiger partial charge in [0.25, 0.3) is 0 Å². The van der Waals surface area contributed by atoms with Crippen molar-refractivity contribution in [2.24, 2.45) is 0 Å². The molecule has 0 atom stereocenters. The molecular formula is C20H16N4OSi. The highest BCUT2D eigenvalue weighted by Gasteiger charge is 2.44. The van der Waals surface area contributed by atoms with Gasteiger partial charge in [-0.2, -0.15) is 0 Å². The van der Waals surface area contributed by atoms with Crippen molar-refractivity contribution in [3.05, 3.63) is 98.1 Å². The van der Waals surface area contributed by atoms with E-state index in [4.69, 9.17) is 4.43 Å². The maximum absolute atomic E-state index is 6.78. The second-order valence-electron chi connectivity index (χ2n) is 5.67. The quantitative estimate of drug-likeness (QED) is 0.505. The molecule has 0 unspecified atom stereocenters. The summed E-state index contributed by atoms with van der Waals surface area (Å²) in [5, 5.41) is 3.30. The van der Waals surface area contributed by atoms with Gasteiger partial charge in [-0.1, -0.05) is 0 Å². The molecule has 4 aromatic heterocycles. The summed E-state index contributed by atoms with van der Waals surface area (Å²) in [4.78, 5) is 16.7. The molecule has 0 saturated heterocycles. The first kappa shape index (κ1) is 16.1. The zero-order valence-corrected chi connectivity index (χ0v) is 14.9. The second kappa shape index (κ2) is 7.24. The highest BCUT2D eigenvalue weighted by atomic mass is 28.4. The van der Waals surface area contributed by atoms with E-state index in [0.717, 1.165) is 21.3 Å². The minimum atomic E-state index is -2.81. The number of hydrogen-bond donors (Lipinski definition) is 0. The minimum Gasteiger partial charge on any atom is -0.530 e. The summed E-state index contributed by atoms with van der Waals surface area (Å²) >= 11 is 0. The van der Waals surface area contributed by atoms with Gasteiger partial charge in [-0.05, 0) is 64.1 Å². The van der Waals surface area contributed by atoms with E-state index in [-0.39, 0.29) is 0 Å². The van der Waals surface area contributed by atoms with Crippen LogP contribution in [0.3, 0.4) is 0 Å². The van der Waals surface area contributed by atoms with E-state index >= 15 is 0 Å². The van der Waals surface area contributed by atoms with Gasteiger partial charge in [0.2, 0.25) is 0 Å². The SMILES string of the molecule is c1cc(O[Si](c2ccncc2)(c2ccncc2)c2ccncc2)ccn1. The van der Waals surface area contributed by atoms with Crippen molar-refractivity contribution >= 4 is 23.9 Å². The third kappa shape index (κ3) is 2.98. The monoisotopic (exact) mass is 356 g/mol. The summed E-state index contributed by atoms with van der Waals surface area (Å²) in [6.07, 6.45) is 14.3. The van der Waals surface area contributed by atoms with Crippen LogP contribution in [0.15, 0.2) is 98.1 Å². The molecule has 0 amide bonds. The summed E-state index contributed by atoms with van der Waals surface area (Å²) in [6, 6.07) is 15.9. The Morgan fingerprint density at radius 3 is 1.12 bits per heavy atom. The van der Waals surface area contributed by atoms with Crippen molar-refractivity contribution in [1.29, 1.82) is 0 Å². The molecule has 4 heterocycles. The Morgan fingerprint density at radius 2 is 0.769 bits per heavy atom. The van der Waals surface area contributed by atoms with Crippen molar-refractivity contribution in [2.45, 2.75) is 0 Å². The lowest BCUT2D eigenvalue weighted by molar-refractivity contribution is 0.576. The summed E-state index contributed by atoms with van der Waals surface area (Å²) in [5.41, 5.74) is 0. The lowest BCUT2D eigenvalue weighted by Crippen LogP contribution is -2.71. The van der Waals surface area contributed by atoms with E-state index < -0.39 is 8.32 Å². The normalized spacial score (nSPS) is 11.1. The predicted octanol–water partition coefficient (Wildman–Crippen LogP) is 1.31. The number of rotatable bonds is 5. The fourth-order valence-electron chi connectivity index (χ4n) is 3.02. The average molecular weight is 356 g/mol. The lowest BCUT2D eigenvalue weighted by Gasteiger charge is -2.33. The minimum absolute atomic E-state index is 0.775. The van der Waals surface area contributed by atoms with Gasteiger partial charge in [0.1, 0.15) is 5.75 Å². The number of hydrogen-bond acceptors (Lipinski definition) is 5. The van der Waals surface area contributed by atoms with Gasteiger partial charge >= 0.3 is 8.32 Å². The summed E-state index contributed by atoms with van der Waals surface area (Å²) < 4.78 is 6.78. The molecule has 5 nitrogen and oxygen atoms in total. The van der Waals surface area contributed by atoms with Gasteiger partial charge in [-0.25, -0.2) is 0 Å². The van der Waals surface area contributed by atoms with Gasteiger partial charge in [0.05, 0.1) is 0 Å². The van der Waals surface area contributed by atoms with Gasteiger partial charge < -0.3 is 4.43 Å². The zero-order valence-electron chi connectivity index (χ0n) is 13.9. The molecule has 4 rings (SSSR count). The molecule has 0 aliphatic heterocycles. The summed E-state index contributed by atoms with van der Waals surface area (Å²) in [7, 11) is -2.81. The topological polar surface area (TPSA) is 60.8 Å². The molecule has 0 aliphatic rings. The van der Waals surface area contributed by atoms with E-state index in [1.54, 1.807) is 49.6 Å². The van der Waals surface area contributed by atoms with Crippen LogP contribution in [0.2, 0.25) is 0 Å². The van der Waals surface area contributed by atoms with Gasteiger partial charge in [0.15, 0.2) is 0 Å². The molecule has 0 N–H and O–H groups in total. The third-order valence-electron chi connectivity index (χ3n) is 4.18. The molecule has 126 valence electrons. The van der Waals surface area contributed by atoms with Gasteiger partial charge in [-0.15, -0.1) is 0 Å². The molecule has 0 fully saturated rings. The van der Waals surface area contributed by atoms with E-state index in [9.17, 15) is 0 Å². The largest absolute Gasteiger partial charge is 0.530 e. The van der Waals surface area contributed by atoms with Crippen LogP contribution >= 0.6 is 0 Å². The second-order valence-corrected chi connectivity index (χ2v) is 8.97. The van der Waals surface area contributed by atoms with E-state index in [1.165, 1.54) is 0 Å². The van der Waals surface area contributed by atoms with E-state index in [1.807, 2.05) is 48.5 Å². The molecule has 26 heavy (non-hydrogen) atoms. The number of pyridine rings is 4. The van der Waals surface area contributed by atoms with Crippen LogP contribution in [0.25, 0.3) is 0 Å². The molecule has 0 bridgehead atoms. The first-order valence-corrected chi connectivity index (χ1v) is 10.1. The fraction of sp³-hybridized carbons (Fsp3) is 0. The summed E-state index contributed by atoms with van der Waals surface area (Å²) in [5.74, 6) is 0.775. The van der Waals surface area contributed by atoms with Crippen LogP contribution < -0.4 is 20.0 Å². The van der Waals surface area contributed by atoms with E-state index in [0.29, 0.717) is 0 Å². The molecule has 0 saturated carbocycles. The maximum atomic E-state index is 6.78. The Morgan fingerprint density at radius 1 is 0.462 bits per heavy atom. The van der Waals surface area contributed by atoms with Crippen molar-refractivity contribution < 1.29 is 4.43 Å². The number of nitrogens with zero attached hydrogens (tertiary/aromatic N) is 4. The molecule has 0 aromatic carbocycles. The van der Waals surface area contributed by atoms with Crippen molar-refractivity contribution in [3.8, 4) is 5.75 Å². The molecule has 0 aliphatic carbocycles. The van der Waals surface area contributed by atoms with Crippen LogP contribution in [-0.4, -0.2) is 28.3 Å². The average Bonchev–Trinajstić information content (AvgIpc) is 2.75. The first-order chi connectivity index (χ1) is 12.9. The Balaban J connectivity index is 2.00. The van der Waals surface area contributed by atoms with Gasteiger partial charge in [-0.3, -0.25) is 19.9 Å². The Hall–Kier alpha value is -3.38. The Kier molecular flexibility index (Phi) is 4.49. The molecule has 0 radical (unpaired) electrons. The highest BCUT2D eigenvalue weighted by Crippen LogP contribution is 2.15. The predicted molar refractivity (Wildman–Crippen MR) is 102 cm³/mol. The maximum Gasteiger partial charge on any atom is 0.347 e. The Labute approximate surface area is 152 Å². The Bertz CT molecular complexity index is 857. The lowest BCUT2D eigenvalue weighted by atomic mass is 10.5. The molecule has 4 aromatic rings. The summed E-state index contributed by atoms with van der Waals surface area (Å²) in [6.45, 7) is 0. The third-order valence-corrected chi connectivity index (χ3v) is 8.16. The fourth-order valence-corrected chi connectivity index (χ4v) is 6.72. The van der Waals surface area contributed by atoms with Crippen LogP contribution in [0, 0.1) is 0 Å². The molecule has 0 spiro atoms. The van der Waals surface area contributed by atoms with E-state index in [2.05, 4.69) is 19.9 Å². The number of aromatic nitrogens is 4. The zero-order chi connectivity index (χ0) is 17.7. The van der Waals surface area contributed by atoms with Crippen molar-refractivity contribution in [1.82, 2.24) is 19.9 Å². The molecular weight excluding hydrogens is 340 g/mol. The van der Waals surface area contributed by atoms with Crippen molar-refractivity contribution in [2.75, 3.05) is 0 Å². The van der Waals surface area contributed by atoms with Gasteiger partial charge in [0, 0.05) is 49.6 Å². The van der Waals surface area contributed by atoms with Crippen LogP contribution in [-0.2, 0) is 0 Å². The molecule has 6 heteroatoms. The van der Waals surface area contributed by atoms with Crippen LogP contribution in [0.1, 0.15) is 0 Å². The standard InChI is InChI=1S/C20H16N4OSi/c1-9-21-10-2-17(1)25-26(18-3-11-22-12-4-18,19-5-13-23-14-6-19)20-7-15-24-16-8-20/h1-16H. The van der Waals surface area contributed by atoms with Crippen LogP contribution in [0.5, 0.6) is 5.75 Å². The highest BCUT2D eigenvalue weighted by molar-refractivity contribution is 7.07. The smallest absolute Gasteiger partial charge is 0.347 e.